The molecule has 0 bridgehead atoms. The van der Waals surface area contributed by atoms with Crippen molar-refractivity contribution in [1.82, 2.24) is 10.2 Å². The van der Waals surface area contributed by atoms with E-state index in [1.54, 1.807) is 24.3 Å². The fourth-order valence-corrected chi connectivity index (χ4v) is 5.37. The fourth-order valence-electron chi connectivity index (χ4n) is 4.02. The topological polar surface area (TPSA) is 86.8 Å². The average molecular weight is 611 g/mol. The Labute approximate surface area is 244 Å². The van der Waals surface area contributed by atoms with Crippen LogP contribution < -0.4 is 9.62 Å². The van der Waals surface area contributed by atoms with Crippen molar-refractivity contribution in [1.29, 1.82) is 0 Å². The van der Waals surface area contributed by atoms with Crippen LogP contribution in [-0.2, 0) is 32.6 Å². The predicted octanol–water partition coefficient (Wildman–Crippen LogP) is 5.58. The lowest BCUT2D eigenvalue weighted by Crippen LogP contribution is -2.54. The van der Waals surface area contributed by atoms with Gasteiger partial charge in [-0.2, -0.15) is 0 Å². The summed E-state index contributed by atoms with van der Waals surface area (Å²) in [7, 11) is -3.92. The molecule has 0 saturated heterocycles. The van der Waals surface area contributed by atoms with E-state index in [-0.39, 0.29) is 40.6 Å². The average Bonchev–Trinajstić information content (AvgIpc) is 2.86. The third-order valence-electron chi connectivity index (χ3n) is 5.81. The highest BCUT2D eigenvalue weighted by molar-refractivity contribution is 7.92. The van der Waals surface area contributed by atoms with Gasteiger partial charge in [0.2, 0.25) is 21.8 Å². The summed E-state index contributed by atoms with van der Waals surface area (Å²) in [5.74, 6) is -0.934. The van der Waals surface area contributed by atoms with Crippen LogP contribution in [0.5, 0.6) is 0 Å². The Bertz CT molecular complexity index is 1420. The van der Waals surface area contributed by atoms with Gasteiger partial charge in [0.25, 0.3) is 0 Å². The van der Waals surface area contributed by atoms with E-state index in [1.807, 2.05) is 44.2 Å². The van der Waals surface area contributed by atoms with Crippen molar-refractivity contribution >= 4 is 62.3 Å². The van der Waals surface area contributed by atoms with Crippen molar-refractivity contribution in [2.24, 2.45) is 0 Å². The normalized spacial score (nSPS) is 12.2. The molecule has 11 heteroatoms. The van der Waals surface area contributed by atoms with E-state index in [2.05, 4.69) is 5.32 Å². The van der Waals surface area contributed by atoms with E-state index in [4.69, 9.17) is 34.8 Å². The van der Waals surface area contributed by atoms with Crippen LogP contribution in [-0.4, -0.2) is 50.0 Å². The number of sulfonamides is 1. The van der Waals surface area contributed by atoms with Gasteiger partial charge in [-0.1, -0.05) is 77.3 Å². The summed E-state index contributed by atoms with van der Waals surface area (Å²) in [4.78, 5) is 28.9. The first kappa shape index (κ1) is 30.8. The lowest BCUT2D eigenvalue weighted by molar-refractivity contribution is -0.140. The monoisotopic (exact) mass is 609 g/mol. The van der Waals surface area contributed by atoms with E-state index in [9.17, 15) is 18.0 Å². The predicted molar refractivity (Wildman–Crippen MR) is 158 cm³/mol. The number of amides is 2. The molecular weight excluding hydrogens is 581 g/mol. The van der Waals surface area contributed by atoms with Gasteiger partial charge >= 0.3 is 0 Å². The Balaban J connectivity index is 2.07. The molecule has 0 heterocycles. The van der Waals surface area contributed by atoms with Crippen LogP contribution in [0, 0.1) is 0 Å². The van der Waals surface area contributed by atoms with Gasteiger partial charge in [-0.25, -0.2) is 8.42 Å². The second-order valence-corrected chi connectivity index (χ2v) is 12.5. The van der Waals surface area contributed by atoms with Gasteiger partial charge in [-0.3, -0.25) is 13.9 Å². The van der Waals surface area contributed by atoms with Gasteiger partial charge in [0, 0.05) is 24.0 Å². The Kier molecular flexibility index (Phi) is 10.7. The summed E-state index contributed by atoms with van der Waals surface area (Å²) in [5.41, 5.74) is 1.70. The molecule has 0 radical (unpaired) electrons. The van der Waals surface area contributed by atoms with Crippen molar-refractivity contribution in [3.8, 4) is 0 Å². The number of hydrogen-bond acceptors (Lipinski definition) is 4. The minimum atomic E-state index is -3.92. The highest BCUT2D eigenvalue weighted by atomic mass is 35.5. The van der Waals surface area contributed by atoms with Crippen molar-refractivity contribution < 1.29 is 18.0 Å². The Hall–Kier alpha value is -2.78. The Morgan fingerprint density at radius 3 is 2.13 bits per heavy atom. The molecule has 7 nitrogen and oxygen atoms in total. The van der Waals surface area contributed by atoms with Gasteiger partial charge in [-0.15, -0.1) is 0 Å². The molecule has 39 heavy (non-hydrogen) atoms. The number of carbonyl (C=O) groups is 2. The number of rotatable bonds is 11. The van der Waals surface area contributed by atoms with Crippen molar-refractivity contribution in [2.45, 2.75) is 38.9 Å². The first-order valence-electron chi connectivity index (χ1n) is 12.2. The van der Waals surface area contributed by atoms with E-state index >= 15 is 0 Å². The number of anilines is 1. The summed E-state index contributed by atoms with van der Waals surface area (Å²) in [6.07, 6.45) is 1.22. The lowest BCUT2D eigenvalue weighted by Gasteiger charge is -2.34. The highest BCUT2D eigenvalue weighted by Crippen LogP contribution is 2.29. The number of carbonyl (C=O) groups excluding carboxylic acids is 2. The SMILES string of the molecule is CC(C)NC(=O)[C@@H](Cc1ccccc1)N(Cc1cccc(Cl)c1)C(=O)CN(c1ccc(Cl)c(Cl)c1)S(C)(=O)=O. The fraction of sp³-hybridized carbons (Fsp3) is 0.286. The molecule has 0 aliphatic carbocycles. The molecule has 3 rings (SSSR count). The van der Waals surface area contributed by atoms with Crippen molar-refractivity contribution in [3.05, 3.63) is 99.0 Å². The largest absolute Gasteiger partial charge is 0.352 e. The summed E-state index contributed by atoms with van der Waals surface area (Å²) in [5, 5.41) is 3.76. The van der Waals surface area contributed by atoms with E-state index in [1.165, 1.54) is 23.1 Å². The van der Waals surface area contributed by atoms with E-state index in [0.717, 1.165) is 16.1 Å². The quantitative estimate of drug-likeness (QED) is 0.307. The third kappa shape index (κ3) is 8.86. The number of benzene rings is 3. The van der Waals surface area contributed by atoms with Gasteiger partial charge in [0.05, 0.1) is 22.0 Å². The van der Waals surface area contributed by atoms with Gasteiger partial charge in [0.15, 0.2) is 0 Å². The number of nitrogens with zero attached hydrogens (tertiary/aromatic N) is 2. The van der Waals surface area contributed by atoms with Crippen LogP contribution in [0.3, 0.4) is 0 Å². The van der Waals surface area contributed by atoms with Crippen LogP contribution in [0.2, 0.25) is 15.1 Å². The second kappa shape index (κ2) is 13.5. The number of nitrogens with one attached hydrogen (secondary N) is 1. The zero-order valence-corrected chi connectivity index (χ0v) is 24.9. The second-order valence-electron chi connectivity index (χ2n) is 9.39. The first-order chi connectivity index (χ1) is 18.3. The third-order valence-corrected chi connectivity index (χ3v) is 7.93. The molecule has 2 amide bonds. The molecule has 0 saturated carbocycles. The molecule has 0 fully saturated rings. The van der Waals surface area contributed by atoms with Crippen molar-refractivity contribution in [3.63, 3.8) is 0 Å². The zero-order chi connectivity index (χ0) is 28.7. The molecular formula is C28H30Cl3N3O4S. The smallest absolute Gasteiger partial charge is 0.244 e. The first-order valence-corrected chi connectivity index (χ1v) is 15.1. The molecule has 3 aromatic rings. The molecule has 1 N–H and O–H groups in total. The summed E-state index contributed by atoms with van der Waals surface area (Å²) in [6, 6.07) is 19.5. The Morgan fingerprint density at radius 2 is 1.54 bits per heavy atom. The molecule has 0 aromatic heterocycles. The van der Waals surface area contributed by atoms with E-state index < -0.39 is 28.5 Å². The minimum Gasteiger partial charge on any atom is -0.352 e. The van der Waals surface area contributed by atoms with Gasteiger partial charge in [0.1, 0.15) is 12.6 Å². The Morgan fingerprint density at radius 1 is 0.872 bits per heavy atom. The molecule has 0 unspecified atom stereocenters. The number of halogens is 3. The maximum absolute atomic E-state index is 14.0. The van der Waals surface area contributed by atoms with Crippen molar-refractivity contribution in [2.75, 3.05) is 17.1 Å². The van der Waals surface area contributed by atoms with Gasteiger partial charge in [-0.05, 0) is 55.3 Å². The molecule has 1 atom stereocenters. The lowest BCUT2D eigenvalue weighted by atomic mass is 10.0. The molecule has 3 aromatic carbocycles. The highest BCUT2D eigenvalue weighted by Gasteiger charge is 2.33. The summed E-state index contributed by atoms with van der Waals surface area (Å²) >= 11 is 18.4. The maximum atomic E-state index is 14.0. The van der Waals surface area contributed by atoms with Gasteiger partial charge < -0.3 is 10.2 Å². The van der Waals surface area contributed by atoms with Crippen LogP contribution in [0.1, 0.15) is 25.0 Å². The van der Waals surface area contributed by atoms with E-state index in [0.29, 0.717) is 10.6 Å². The number of hydrogen-bond donors (Lipinski definition) is 1. The minimum absolute atomic E-state index is 0.0292. The van der Waals surface area contributed by atoms with Crippen LogP contribution in [0.4, 0.5) is 5.69 Å². The molecule has 0 spiro atoms. The standard InChI is InChI=1S/C28H30Cl3N3O4S/c1-19(2)32-28(36)26(15-20-8-5-4-6-9-20)33(17-21-10-7-11-22(29)14-21)27(35)18-34(39(3,37)38)23-12-13-24(30)25(31)16-23/h4-14,16,19,26H,15,17-18H2,1-3H3,(H,32,36)/t26-/m1/s1. The van der Waals surface area contributed by atoms with Crippen LogP contribution in [0.15, 0.2) is 72.8 Å². The summed E-state index contributed by atoms with van der Waals surface area (Å²) in [6.45, 7) is 3.13. The summed E-state index contributed by atoms with van der Waals surface area (Å²) < 4.78 is 26.6. The molecule has 208 valence electrons. The van der Waals surface area contributed by atoms with Crippen LogP contribution >= 0.6 is 34.8 Å². The molecule has 0 aliphatic rings. The van der Waals surface area contributed by atoms with Crippen LogP contribution in [0.25, 0.3) is 0 Å². The zero-order valence-electron chi connectivity index (χ0n) is 21.8. The maximum Gasteiger partial charge on any atom is 0.244 e. The molecule has 0 aliphatic heterocycles.